The molecule has 1 heterocycles. The van der Waals surface area contributed by atoms with Crippen LogP contribution in [0.3, 0.4) is 0 Å². The molecule has 13 heavy (non-hydrogen) atoms. The number of hydrogen-bond donors (Lipinski definition) is 1. The second kappa shape index (κ2) is 2.87. The van der Waals surface area contributed by atoms with Crippen LogP contribution in [0.15, 0.2) is 18.2 Å². The molecule has 0 saturated carbocycles. The molecule has 0 radical (unpaired) electrons. The van der Waals surface area contributed by atoms with Gasteiger partial charge in [0.05, 0.1) is 7.79 Å². The highest BCUT2D eigenvalue weighted by Gasteiger charge is 2.20. The van der Waals surface area contributed by atoms with Crippen LogP contribution >= 0.6 is 0 Å². The van der Waals surface area contributed by atoms with Crippen LogP contribution in [-0.4, -0.2) is 5.91 Å². The number of hydrogen-bond acceptors (Lipinski definition) is 1. The molecule has 1 amide bonds. The first-order valence-electron chi connectivity index (χ1n) is 5.02. The summed E-state index contributed by atoms with van der Waals surface area (Å²) < 4.78 is 7.66. The molecular formula is C11H13NO. The molecule has 2 heteroatoms. The van der Waals surface area contributed by atoms with Crippen LogP contribution in [0.1, 0.15) is 32.3 Å². The highest BCUT2D eigenvalue weighted by molar-refractivity contribution is 5.99. The summed E-state index contributed by atoms with van der Waals surface area (Å²) in [4.78, 5) is 11.2. The van der Waals surface area contributed by atoms with Crippen molar-refractivity contribution < 1.29 is 6.17 Å². The molecule has 1 N–H and O–H groups in total. The van der Waals surface area contributed by atoms with Crippen molar-refractivity contribution in [2.75, 3.05) is 5.32 Å². The third-order valence-electron chi connectivity index (χ3n) is 2.36. The summed E-state index contributed by atoms with van der Waals surface area (Å²) in [5.41, 5.74) is 2.90. The highest BCUT2D eigenvalue weighted by Crippen LogP contribution is 2.30. The van der Waals surface area contributed by atoms with Crippen LogP contribution < -0.4 is 5.32 Å². The predicted octanol–water partition coefficient (Wildman–Crippen LogP) is 2.30. The average molecular weight is 177 g/mol. The number of nitrogens with one attached hydrogen (secondary N) is 1. The van der Waals surface area contributed by atoms with Gasteiger partial charge in [0, 0.05) is 5.69 Å². The van der Waals surface area contributed by atoms with Gasteiger partial charge in [-0.15, -0.1) is 0 Å². The second-order valence-corrected chi connectivity index (χ2v) is 3.67. The molecule has 2 nitrogen and oxygen atoms in total. The van der Waals surface area contributed by atoms with Crippen molar-refractivity contribution in [1.82, 2.24) is 0 Å². The lowest BCUT2D eigenvalue weighted by Crippen LogP contribution is -2.03. The van der Waals surface area contributed by atoms with E-state index in [9.17, 15) is 4.79 Å². The first-order chi connectivity index (χ1) is 6.59. The first kappa shape index (κ1) is 7.13. The van der Waals surface area contributed by atoms with Crippen molar-refractivity contribution in [2.45, 2.75) is 26.2 Å². The lowest BCUT2D eigenvalue weighted by molar-refractivity contribution is -0.115. The smallest absolute Gasteiger partial charge is 0.228 e. The van der Waals surface area contributed by atoms with Gasteiger partial charge >= 0.3 is 0 Å². The van der Waals surface area contributed by atoms with E-state index in [-0.39, 0.29) is 5.91 Å². The van der Waals surface area contributed by atoms with E-state index in [4.69, 9.17) is 1.37 Å². The van der Waals surface area contributed by atoms with E-state index in [2.05, 4.69) is 19.2 Å². The zero-order chi connectivity index (χ0) is 10.3. The van der Waals surface area contributed by atoms with Gasteiger partial charge in [0.15, 0.2) is 0 Å². The molecule has 1 aliphatic rings. The standard InChI is InChI=1S/C11H13NO/c1-7(2)8-4-3-5-10-9(8)6-11(13)12-10/h3-5,7H,6H2,1-2H3,(H,12,13)/i5T. The van der Waals surface area contributed by atoms with Crippen molar-refractivity contribution in [3.05, 3.63) is 29.3 Å². The minimum Gasteiger partial charge on any atom is -0.326 e. The molecule has 1 aromatic rings. The van der Waals surface area contributed by atoms with E-state index in [1.54, 1.807) is 6.07 Å². The minimum atomic E-state index is 0.00148. The van der Waals surface area contributed by atoms with Crippen molar-refractivity contribution in [1.29, 1.82) is 0 Å². The number of benzene rings is 1. The zero-order valence-electron chi connectivity index (χ0n) is 8.85. The average Bonchev–Trinajstić information content (AvgIpc) is 2.47. The summed E-state index contributed by atoms with van der Waals surface area (Å²) in [5, 5.41) is 2.73. The molecule has 0 aromatic heterocycles. The Morgan fingerprint density at radius 1 is 1.62 bits per heavy atom. The lowest BCUT2D eigenvalue weighted by Gasteiger charge is -2.09. The summed E-state index contributed by atoms with van der Waals surface area (Å²) in [7, 11) is 0. The van der Waals surface area contributed by atoms with Crippen molar-refractivity contribution in [2.24, 2.45) is 0 Å². The quantitative estimate of drug-likeness (QED) is 0.700. The van der Waals surface area contributed by atoms with Gasteiger partial charge in [-0.2, -0.15) is 0 Å². The molecule has 0 bridgehead atoms. The molecule has 1 aromatic carbocycles. The fraction of sp³-hybridized carbons (Fsp3) is 0.364. The summed E-state index contributed by atoms with van der Waals surface area (Å²) in [5.74, 6) is 0.402. The van der Waals surface area contributed by atoms with Crippen molar-refractivity contribution >= 4 is 11.6 Å². The predicted molar refractivity (Wildman–Crippen MR) is 52.9 cm³/mol. The summed E-state index contributed by atoms with van der Waals surface area (Å²) in [6.07, 6.45) is 0.426. The van der Waals surface area contributed by atoms with Crippen molar-refractivity contribution in [3.63, 3.8) is 0 Å². The second-order valence-electron chi connectivity index (χ2n) is 3.67. The van der Waals surface area contributed by atoms with E-state index in [0.29, 0.717) is 24.1 Å². The summed E-state index contributed by atoms with van der Waals surface area (Å²) >= 11 is 0. The Hall–Kier alpha value is -1.31. The largest absolute Gasteiger partial charge is 0.326 e. The van der Waals surface area contributed by atoms with Gasteiger partial charge in [-0.3, -0.25) is 4.79 Å². The topological polar surface area (TPSA) is 29.1 Å². The molecule has 2 rings (SSSR count). The molecule has 0 saturated heterocycles. The van der Waals surface area contributed by atoms with Crippen LogP contribution in [0.4, 0.5) is 5.69 Å². The van der Waals surface area contributed by atoms with E-state index in [1.807, 2.05) is 6.07 Å². The number of amides is 1. The first-order valence-corrected chi connectivity index (χ1v) is 4.52. The third-order valence-corrected chi connectivity index (χ3v) is 2.36. The van der Waals surface area contributed by atoms with Gasteiger partial charge in [0.1, 0.15) is 0 Å². The number of anilines is 1. The van der Waals surface area contributed by atoms with Crippen LogP contribution in [0.5, 0.6) is 0 Å². The van der Waals surface area contributed by atoms with Gasteiger partial charge in [-0.25, -0.2) is 0 Å². The fourth-order valence-corrected chi connectivity index (χ4v) is 1.73. The molecule has 0 aliphatic carbocycles. The molecule has 0 atom stereocenters. The third kappa shape index (κ3) is 1.32. The maximum absolute atomic E-state index is 11.2. The van der Waals surface area contributed by atoms with Gasteiger partial charge < -0.3 is 5.32 Å². The Morgan fingerprint density at radius 2 is 2.38 bits per heavy atom. The van der Waals surface area contributed by atoms with E-state index >= 15 is 0 Å². The summed E-state index contributed by atoms with van der Waals surface area (Å²) in [6.45, 7) is 4.20. The Morgan fingerprint density at radius 3 is 3.08 bits per heavy atom. The zero-order valence-corrected chi connectivity index (χ0v) is 7.85. The van der Waals surface area contributed by atoms with E-state index in [1.165, 1.54) is 5.56 Å². The van der Waals surface area contributed by atoms with Crippen LogP contribution in [0.2, 0.25) is 0 Å². The SMILES string of the molecule is [3H]c1ccc(C(C)C)c2c1NC(=O)C2. The maximum Gasteiger partial charge on any atom is 0.228 e. The van der Waals surface area contributed by atoms with Gasteiger partial charge in [-0.1, -0.05) is 26.0 Å². The Labute approximate surface area is 79.4 Å². The van der Waals surface area contributed by atoms with Gasteiger partial charge in [0.25, 0.3) is 0 Å². The van der Waals surface area contributed by atoms with Crippen molar-refractivity contribution in [3.8, 4) is 0 Å². The fourth-order valence-electron chi connectivity index (χ4n) is 1.73. The molecule has 1 aliphatic heterocycles. The number of carbonyl (C=O) groups excluding carboxylic acids is 1. The number of fused-ring (bicyclic) bond motifs is 1. The Bertz CT molecular complexity index is 399. The van der Waals surface area contributed by atoms with Crippen LogP contribution in [0, 0.1) is 0 Å². The monoisotopic (exact) mass is 177 g/mol. The van der Waals surface area contributed by atoms with E-state index in [0.717, 1.165) is 5.56 Å². The molecule has 68 valence electrons. The molecule has 0 unspecified atom stereocenters. The normalized spacial score (nSPS) is 15.6. The lowest BCUT2D eigenvalue weighted by atomic mass is 9.96. The number of carbonyl (C=O) groups is 1. The number of rotatable bonds is 1. The molecule has 0 spiro atoms. The Kier molecular flexibility index (Phi) is 1.58. The summed E-state index contributed by atoms with van der Waals surface area (Å²) in [6, 6.07) is 4.11. The van der Waals surface area contributed by atoms with Gasteiger partial charge in [0.2, 0.25) is 5.91 Å². The van der Waals surface area contributed by atoms with Gasteiger partial charge in [-0.05, 0) is 23.1 Å². The molecular weight excluding hydrogens is 162 g/mol. The van der Waals surface area contributed by atoms with Crippen LogP contribution in [0.25, 0.3) is 0 Å². The minimum absolute atomic E-state index is 0.00148. The highest BCUT2D eigenvalue weighted by atomic mass is 16.1. The molecule has 0 fully saturated rings. The van der Waals surface area contributed by atoms with E-state index < -0.39 is 0 Å². The Balaban J connectivity index is 2.58. The maximum atomic E-state index is 11.2. The van der Waals surface area contributed by atoms with Crippen LogP contribution in [-0.2, 0) is 11.2 Å².